The van der Waals surface area contributed by atoms with Gasteiger partial charge in [-0.25, -0.2) is 0 Å². The number of ether oxygens (including phenoxy) is 1. The van der Waals surface area contributed by atoms with E-state index >= 15 is 0 Å². The summed E-state index contributed by atoms with van der Waals surface area (Å²) in [6.45, 7) is 1.55. The molecule has 1 aliphatic rings. The molecule has 1 saturated heterocycles. The highest BCUT2D eigenvalue weighted by molar-refractivity contribution is 5.92. The summed E-state index contributed by atoms with van der Waals surface area (Å²) < 4.78 is 5.21. The first-order chi connectivity index (χ1) is 14.2. The normalized spacial score (nSPS) is 14.4. The van der Waals surface area contributed by atoms with E-state index in [1.165, 1.54) is 0 Å². The van der Waals surface area contributed by atoms with Crippen LogP contribution in [0.4, 0.5) is 11.5 Å². The third-order valence-corrected chi connectivity index (χ3v) is 5.15. The van der Waals surface area contributed by atoms with Crippen LogP contribution in [-0.4, -0.2) is 41.3 Å². The fourth-order valence-electron chi connectivity index (χ4n) is 3.49. The van der Waals surface area contributed by atoms with E-state index in [4.69, 9.17) is 4.74 Å². The van der Waals surface area contributed by atoms with Crippen molar-refractivity contribution in [2.45, 2.75) is 12.8 Å². The van der Waals surface area contributed by atoms with E-state index in [2.05, 4.69) is 25.4 Å². The van der Waals surface area contributed by atoms with Crippen LogP contribution in [0.2, 0.25) is 0 Å². The average molecular weight is 389 g/mol. The van der Waals surface area contributed by atoms with Crippen LogP contribution in [0.1, 0.15) is 12.8 Å². The van der Waals surface area contributed by atoms with Gasteiger partial charge in [0.15, 0.2) is 5.82 Å². The minimum atomic E-state index is -0.0125. The highest BCUT2D eigenvalue weighted by atomic mass is 16.5. The number of pyridine rings is 1. The van der Waals surface area contributed by atoms with Crippen molar-refractivity contribution in [2.75, 3.05) is 30.4 Å². The number of nitrogens with zero attached hydrogens (tertiary/aromatic N) is 4. The molecule has 29 heavy (non-hydrogen) atoms. The molecule has 1 aromatic carbocycles. The van der Waals surface area contributed by atoms with Gasteiger partial charge in [0.2, 0.25) is 5.91 Å². The molecule has 3 heterocycles. The van der Waals surface area contributed by atoms with Gasteiger partial charge in [-0.05, 0) is 49.2 Å². The highest BCUT2D eigenvalue weighted by Crippen LogP contribution is 2.25. The van der Waals surface area contributed by atoms with E-state index in [0.717, 1.165) is 54.4 Å². The number of hydrogen-bond donors (Lipinski definition) is 1. The number of nitrogens with one attached hydrogen (secondary N) is 1. The first kappa shape index (κ1) is 18.9. The SMILES string of the molecule is COc1cccc(NC(=O)C2CCN(c3ccc(-c4ccncc4)nn3)CC2)c1. The number of methoxy groups -OCH3 is 1. The van der Waals surface area contributed by atoms with Crippen LogP contribution in [0.3, 0.4) is 0 Å². The van der Waals surface area contributed by atoms with Crippen molar-refractivity contribution in [3.05, 3.63) is 60.9 Å². The van der Waals surface area contributed by atoms with Crippen LogP contribution >= 0.6 is 0 Å². The molecule has 0 unspecified atom stereocenters. The molecule has 3 aromatic rings. The maximum Gasteiger partial charge on any atom is 0.227 e. The molecule has 0 saturated carbocycles. The van der Waals surface area contributed by atoms with Gasteiger partial charge >= 0.3 is 0 Å². The van der Waals surface area contributed by atoms with Crippen molar-refractivity contribution in [1.82, 2.24) is 15.2 Å². The largest absolute Gasteiger partial charge is 0.497 e. The van der Waals surface area contributed by atoms with E-state index in [-0.39, 0.29) is 11.8 Å². The zero-order chi connectivity index (χ0) is 20.1. The molecule has 1 fully saturated rings. The van der Waals surface area contributed by atoms with Crippen LogP contribution in [-0.2, 0) is 4.79 Å². The molecule has 4 rings (SSSR count). The third-order valence-electron chi connectivity index (χ3n) is 5.15. The first-order valence-corrected chi connectivity index (χ1v) is 9.67. The number of piperidine rings is 1. The molecule has 0 bridgehead atoms. The van der Waals surface area contributed by atoms with E-state index in [0.29, 0.717) is 0 Å². The number of carbonyl (C=O) groups excluding carboxylic acids is 1. The van der Waals surface area contributed by atoms with E-state index in [9.17, 15) is 4.79 Å². The van der Waals surface area contributed by atoms with Crippen molar-refractivity contribution in [3.63, 3.8) is 0 Å². The van der Waals surface area contributed by atoms with Gasteiger partial charge < -0.3 is 15.0 Å². The first-order valence-electron chi connectivity index (χ1n) is 9.67. The van der Waals surface area contributed by atoms with E-state index < -0.39 is 0 Å². The second kappa shape index (κ2) is 8.68. The average Bonchev–Trinajstić information content (AvgIpc) is 2.80. The Hall–Kier alpha value is -3.48. The number of carbonyl (C=O) groups is 1. The number of aromatic nitrogens is 3. The Balaban J connectivity index is 1.33. The Kier molecular flexibility index (Phi) is 5.65. The summed E-state index contributed by atoms with van der Waals surface area (Å²) in [5, 5.41) is 11.7. The smallest absolute Gasteiger partial charge is 0.227 e. The molecule has 0 radical (unpaired) electrons. The second-order valence-electron chi connectivity index (χ2n) is 7.00. The highest BCUT2D eigenvalue weighted by Gasteiger charge is 2.26. The van der Waals surface area contributed by atoms with Crippen LogP contribution in [0.25, 0.3) is 11.3 Å². The van der Waals surface area contributed by atoms with Gasteiger partial charge in [-0.15, -0.1) is 10.2 Å². The standard InChI is InChI=1S/C22H23N5O2/c1-29-19-4-2-3-18(15-19)24-22(28)17-9-13-27(14-10-17)21-6-5-20(25-26-21)16-7-11-23-12-8-16/h2-8,11-12,15,17H,9-10,13-14H2,1H3,(H,24,28). The van der Waals surface area contributed by atoms with Crippen molar-refractivity contribution < 1.29 is 9.53 Å². The monoisotopic (exact) mass is 389 g/mol. The van der Waals surface area contributed by atoms with Gasteiger partial charge in [0.05, 0.1) is 12.8 Å². The van der Waals surface area contributed by atoms with Crippen LogP contribution in [0.15, 0.2) is 60.9 Å². The fraction of sp³-hybridized carbons (Fsp3) is 0.273. The quantitative estimate of drug-likeness (QED) is 0.720. The van der Waals surface area contributed by atoms with E-state index in [1.54, 1.807) is 19.5 Å². The fourth-order valence-corrected chi connectivity index (χ4v) is 3.49. The predicted molar refractivity (Wildman–Crippen MR) is 112 cm³/mol. The summed E-state index contributed by atoms with van der Waals surface area (Å²) in [4.78, 5) is 18.8. The maximum atomic E-state index is 12.6. The second-order valence-corrected chi connectivity index (χ2v) is 7.00. The molecule has 1 aliphatic heterocycles. The van der Waals surface area contributed by atoms with Crippen LogP contribution in [0.5, 0.6) is 5.75 Å². The maximum absolute atomic E-state index is 12.6. The van der Waals surface area contributed by atoms with Gasteiger partial charge in [-0.2, -0.15) is 0 Å². The molecule has 148 valence electrons. The predicted octanol–water partition coefficient (Wildman–Crippen LogP) is 3.40. The third kappa shape index (κ3) is 4.51. The summed E-state index contributed by atoms with van der Waals surface area (Å²) in [5.41, 5.74) is 2.57. The number of amides is 1. The molecule has 1 N–H and O–H groups in total. The number of benzene rings is 1. The summed E-state index contributed by atoms with van der Waals surface area (Å²) in [6, 6.07) is 15.2. The lowest BCUT2D eigenvalue weighted by atomic mass is 9.95. The molecular formula is C22H23N5O2. The Morgan fingerprint density at radius 3 is 2.55 bits per heavy atom. The van der Waals surface area contributed by atoms with Gasteiger partial charge in [0, 0.05) is 48.7 Å². The summed E-state index contributed by atoms with van der Waals surface area (Å²) in [5.74, 6) is 1.61. The zero-order valence-electron chi connectivity index (χ0n) is 16.3. The summed E-state index contributed by atoms with van der Waals surface area (Å²) in [6.07, 6.45) is 5.05. The van der Waals surface area contributed by atoms with Crippen molar-refractivity contribution >= 4 is 17.4 Å². The zero-order valence-corrected chi connectivity index (χ0v) is 16.3. The molecule has 0 spiro atoms. The molecule has 2 aromatic heterocycles. The van der Waals surface area contributed by atoms with Crippen molar-refractivity contribution in [1.29, 1.82) is 0 Å². The molecule has 0 aliphatic carbocycles. The lowest BCUT2D eigenvalue weighted by Crippen LogP contribution is -2.38. The van der Waals surface area contributed by atoms with Gasteiger partial charge in [0.25, 0.3) is 0 Å². The Morgan fingerprint density at radius 2 is 1.86 bits per heavy atom. The molecule has 7 heteroatoms. The minimum Gasteiger partial charge on any atom is -0.497 e. The summed E-state index contributed by atoms with van der Waals surface area (Å²) in [7, 11) is 1.61. The minimum absolute atomic E-state index is 0.0125. The number of hydrogen-bond acceptors (Lipinski definition) is 6. The van der Waals surface area contributed by atoms with Gasteiger partial charge in [-0.3, -0.25) is 9.78 Å². The molecule has 1 amide bonds. The van der Waals surface area contributed by atoms with Crippen molar-refractivity contribution in [2.24, 2.45) is 5.92 Å². The number of rotatable bonds is 5. The lowest BCUT2D eigenvalue weighted by Gasteiger charge is -2.31. The topological polar surface area (TPSA) is 80.2 Å². The Labute approximate surface area is 169 Å². The van der Waals surface area contributed by atoms with Gasteiger partial charge in [-0.1, -0.05) is 6.07 Å². The van der Waals surface area contributed by atoms with Crippen LogP contribution in [0, 0.1) is 5.92 Å². The molecule has 7 nitrogen and oxygen atoms in total. The molecule has 0 atom stereocenters. The van der Waals surface area contributed by atoms with E-state index in [1.807, 2.05) is 48.5 Å². The van der Waals surface area contributed by atoms with Crippen molar-refractivity contribution in [3.8, 4) is 17.0 Å². The summed E-state index contributed by atoms with van der Waals surface area (Å²) >= 11 is 0. The Morgan fingerprint density at radius 1 is 1.07 bits per heavy atom. The number of anilines is 2. The Bertz CT molecular complexity index is 954. The van der Waals surface area contributed by atoms with Crippen LogP contribution < -0.4 is 15.0 Å². The molecular weight excluding hydrogens is 366 g/mol. The van der Waals surface area contributed by atoms with Gasteiger partial charge in [0.1, 0.15) is 5.75 Å². The lowest BCUT2D eigenvalue weighted by molar-refractivity contribution is -0.120.